The van der Waals surface area contributed by atoms with E-state index in [4.69, 9.17) is 0 Å². The highest BCUT2D eigenvalue weighted by Crippen LogP contribution is 2.22. The molecule has 1 saturated heterocycles. The Hall–Kier alpha value is -2.86. The first kappa shape index (κ1) is 17.5. The van der Waals surface area contributed by atoms with E-state index >= 15 is 0 Å². The number of amides is 1. The molecule has 0 unspecified atom stereocenters. The number of rotatable bonds is 6. The van der Waals surface area contributed by atoms with E-state index in [0.29, 0.717) is 12.1 Å². The maximum Gasteiger partial charge on any atom is 0.252 e. The summed E-state index contributed by atoms with van der Waals surface area (Å²) in [5, 5.41) is 4.16. The van der Waals surface area contributed by atoms with Crippen molar-refractivity contribution in [3.05, 3.63) is 60.6 Å². The number of aromatic amines is 1. The van der Waals surface area contributed by atoms with E-state index in [9.17, 15) is 4.79 Å². The summed E-state index contributed by atoms with van der Waals surface area (Å²) in [5.41, 5.74) is 3.00. The van der Waals surface area contributed by atoms with Crippen molar-refractivity contribution in [2.24, 2.45) is 0 Å². The number of aromatic nitrogens is 2. The van der Waals surface area contributed by atoms with Gasteiger partial charge in [-0.3, -0.25) is 14.7 Å². The lowest BCUT2D eigenvalue weighted by Crippen LogP contribution is -2.47. The number of hydrogen-bond acceptors (Lipinski definition) is 4. The molecule has 6 nitrogen and oxygen atoms in total. The topological polar surface area (TPSA) is 64.3 Å². The molecule has 3 aromatic rings. The van der Waals surface area contributed by atoms with Gasteiger partial charge in [0.25, 0.3) is 5.91 Å². The van der Waals surface area contributed by atoms with E-state index in [-0.39, 0.29) is 5.91 Å². The number of hydrogen-bond donors (Lipinski definition) is 2. The Morgan fingerprint density at radius 3 is 2.85 bits per heavy atom. The number of piperazine rings is 1. The van der Waals surface area contributed by atoms with Gasteiger partial charge in [0, 0.05) is 62.4 Å². The summed E-state index contributed by atoms with van der Waals surface area (Å²) in [5.74, 6) is -0.00753. The van der Waals surface area contributed by atoms with E-state index in [1.807, 2.05) is 12.3 Å². The molecule has 1 fully saturated rings. The van der Waals surface area contributed by atoms with Crippen LogP contribution in [0.5, 0.6) is 0 Å². The molecule has 1 aliphatic heterocycles. The zero-order chi connectivity index (χ0) is 18.5. The lowest BCUT2D eigenvalue weighted by molar-refractivity contribution is 0.0951. The highest BCUT2D eigenvalue weighted by molar-refractivity contribution is 5.93. The summed E-state index contributed by atoms with van der Waals surface area (Å²) in [6.07, 6.45) is 6.29. The van der Waals surface area contributed by atoms with Gasteiger partial charge >= 0.3 is 0 Å². The monoisotopic (exact) mass is 363 g/mol. The third kappa shape index (κ3) is 4.28. The molecule has 0 aliphatic carbocycles. The van der Waals surface area contributed by atoms with Crippen molar-refractivity contribution in [1.29, 1.82) is 0 Å². The molecule has 0 saturated carbocycles. The van der Waals surface area contributed by atoms with Crippen molar-refractivity contribution in [1.82, 2.24) is 20.2 Å². The summed E-state index contributed by atoms with van der Waals surface area (Å²) >= 11 is 0. The zero-order valence-corrected chi connectivity index (χ0v) is 15.4. The van der Waals surface area contributed by atoms with E-state index in [0.717, 1.165) is 44.7 Å². The molecule has 0 atom stereocenters. The Labute approximate surface area is 159 Å². The Kier molecular flexibility index (Phi) is 5.34. The van der Waals surface area contributed by atoms with Crippen LogP contribution >= 0.6 is 0 Å². The summed E-state index contributed by atoms with van der Waals surface area (Å²) in [7, 11) is 0. The molecule has 0 bridgehead atoms. The number of pyridine rings is 1. The van der Waals surface area contributed by atoms with Gasteiger partial charge in [-0.2, -0.15) is 0 Å². The second-order valence-electron chi connectivity index (χ2n) is 6.92. The molecule has 4 rings (SSSR count). The van der Waals surface area contributed by atoms with Crippen LogP contribution in [0.2, 0.25) is 0 Å². The summed E-state index contributed by atoms with van der Waals surface area (Å²) in [6, 6.07) is 12.4. The standard InChI is InChI=1S/C21H25N5O/c27-21(18-6-9-22-16-18)24-8-2-10-25-11-13-26(14-12-25)19-4-5-20-17(15-19)3-1-7-23-20/h1,3-7,9,15-16,22H,2,8,10-14H2,(H,24,27). The molecular formula is C21H25N5O. The number of nitrogens with zero attached hydrogens (tertiary/aromatic N) is 3. The van der Waals surface area contributed by atoms with Crippen LogP contribution in [0.25, 0.3) is 10.9 Å². The number of fused-ring (bicyclic) bond motifs is 1. The number of nitrogens with one attached hydrogen (secondary N) is 2. The first-order valence-electron chi connectivity index (χ1n) is 9.53. The van der Waals surface area contributed by atoms with Crippen molar-refractivity contribution in [3.63, 3.8) is 0 Å². The Morgan fingerprint density at radius 2 is 2.04 bits per heavy atom. The minimum absolute atomic E-state index is 0.00753. The molecular weight excluding hydrogens is 338 g/mol. The fourth-order valence-electron chi connectivity index (χ4n) is 3.56. The van der Waals surface area contributed by atoms with Crippen LogP contribution in [0.3, 0.4) is 0 Å². The molecule has 27 heavy (non-hydrogen) atoms. The van der Waals surface area contributed by atoms with Crippen LogP contribution < -0.4 is 10.2 Å². The maximum atomic E-state index is 11.9. The second-order valence-corrected chi connectivity index (χ2v) is 6.92. The first-order chi connectivity index (χ1) is 13.3. The summed E-state index contributed by atoms with van der Waals surface area (Å²) in [6.45, 7) is 5.89. The number of carbonyl (C=O) groups excluding carboxylic acids is 1. The second kappa shape index (κ2) is 8.22. The predicted octanol–water partition coefficient (Wildman–Crippen LogP) is 2.50. The number of benzene rings is 1. The van der Waals surface area contributed by atoms with E-state index in [1.54, 1.807) is 18.5 Å². The minimum atomic E-state index is -0.00753. The van der Waals surface area contributed by atoms with E-state index in [1.165, 1.54) is 11.1 Å². The minimum Gasteiger partial charge on any atom is -0.369 e. The fourth-order valence-corrected chi connectivity index (χ4v) is 3.56. The average molecular weight is 363 g/mol. The van der Waals surface area contributed by atoms with E-state index in [2.05, 4.69) is 49.4 Å². The summed E-state index contributed by atoms with van der Waals surface area (Å²) in [4.78, 5) is 24.1. The van der Waals surface area contributed by atoms with Crippen LogP contribution in [0.15, 0.2) is 55.0 Å². The molecule has 2 N–H and O–H groups in total. The van der Waals surface area contributed by atoms with Gasteiger partial charge in [0.05, 0.1) is 11.1 Å². The Bertz CT molecular complexity index is 884. The average Bonchev–Trinajstić information content (AvgIpc) is 3.26. The molecule has 1 aliphatic rings. The van der Waals surface area contributed by atoms with Crippen LogP contribution in [0.1, 0.15) is 16.8 Å². The van der Waals surface area contributed by atoms with Gasteiger partial charge < -0.3 is 15.2 Å². The highest BCUT2D eigenvalue weighted by atomic mass is 16.1. The van der Waals surface area contributed by atoms with Crippen molar-refractivity contribution in [2.75, 3.05) is 44.2 Å². The van der Waals surface area contributed by atoms with Gasteiger partial charge in [0.1, 0.15) is 0 Å². The van der Waals surface area contributed by atoms with Gasteiger partial charge in [-0.15, -0.1) is 0 Å². The Morgan fingerprint density at radius 1 is 1.15 bits per heavy atom. The molecule has 140 valence electrons. The van der Waals surface area contributed by atoms with Gasteiger partial charge in [-0.1, -0.05) is 6.07 Å². The van der Waals surface area contributed by atoms with Crippen LogP contribution in [-0.2, 0) is 0 Å². The maximum absolute atomic E-state index is 11.9. The van der Waals surface area contributed by atoms with Crippen molar-refractivity contribution in [2.45, 2.75) is 6.42 Å². The fraction of sp³-hybridized carbons (Fsp3) is 0.333. The first-order valence-corrected chi connectivity index (χ1v) is 9.53. The lowest BCUT2D eigenvalue weighted by atomic mass is 10.1. The molecule has 1 amide bonds. The number of anilines is 1. The van der Waals surface area contributed by atoms with Crippen LogP contribution in [0.4, 0.5) is 5.69 Å². The summed E-state index contributed by atoms with van der Waals surface area (Å²) < 4.78 is 0. The van der Waals surface area contributed by atoms with Gasteiger partial charge in [-0.05, 0) is 43.3 Å². The third-order valence-corrected chi connectivity index (χ3v) is 5.12. The quantitative estimate of drug-likeness (QED) is 0.661. The zero-order valence-electron chi connectivity index (χ0n) is 15.4. The number of carbonyl (C=O) groups is 1. The van der Waals surface area contributed by atoms with Gasteiger partial charge in [0.15, 0.2) is 0 Å². The lowest BCUT2D eigenvalue weighted by Gasteiger charge is -2.36. The van der Waals surface area contributed by atoms with E-state index < -0.39 is 0 Å². The van der Waals surface area contributed by atoms with Gasteiger partial charge in [-0.25, -0.2) is 0 Å². The molecule has 6 heteroatoms. The molecule has 3 heterocycles. The third-order valence-electron chi connectivity index (χ3n) is 5.12. The SMILES string of the molecule is O=C(NCCCN1CCN(c2ccc3ncccc3c2)CC1)c1cc[nH]c1. The molecule has 1 aromatic carbocycles. The van der Waals surface area contributed by atoms with Crippen molar-refractivity contribution < 1.29 is 4.79 Å². The van der Waals surface area contributed by atoms with Crippen LogP contribution in [0, 0.1) is 0 Å². The Balaban J connectivity index is 1.21. The normalized spacial score (nSPS) is 15.2. The van der Waals surface area contributed by atoms with Crippen LogP contribution in [-0.4, -0.2) is 60.0 Å². The number of H-pyrrole nitrogens is 1. The molecule has 2 aromatic heterocycles. The largest absolute Gasteiger partial charge is 0.369 e. The van der Waals surface area contributed by atoms with Crippen molar-refractivity contribution in [3.8, 4) is 0 Å². The smallest absolute Gasteiger partial charge is 0.252 e. The predicted molar refractivity (Wildman–Crippen MR) is 108 cm³/mol. The molecule has 0 spiro atoms. The highest BCUT2D eigenvalue weighted by Gasteiger charge is 2.17. The van der Waals surface area contributed by atoms with Gasteiger partial charge in [0.2, 0.25) is 0 Å². The molecule has 0 radical (unpaired) electrons. The van der Waals surface area contributed by atoms with Crippen molar-refractivity contribution >= 4 is 22.5 Å².